The molecule has 3 rings (SSSR count). The molecule has 0 fully saturated rings. The Morgan fingerprint density at radius 1 is 0.967 bits per heavy atom. The fourth-order valence-electron chi connectivity index (χ4n) is 2.47. The summed E-state index contributed by atoms with van der Waals surface area (Å²) in [7, 11) is 0. The number of halogens is 1. The monoisotopic (exact) mass is 470 g/mol. The molecular formula is C20H15BrN4O5. The second-order valence-electron chi connectivity index (χ2n) is 6.08. The van der Waals surface area contributed by atoms with E-state index < -0.39 is 9.85 Å². The van der Waals surface area contributed by atoms with Crippen molar-refractivity contribution in [3.8, 4) is 5.75 Å². The summed E-state index contributed by atoms with van der Waals surface area (Å²) in [6, 6.07) is 17.6. The first kappa shape index (κ1) is 20.9. The molecule has 3 aromatic rings. The number of rotatable bonds is 8. The minimum Gasteiger partial charge on any atom is -0.488 e. The molecule has 0 aliphatic rings. The second-order valence-corrected chi connectivity index (χ2v) is 6.93. The molecule has 152 valence electrons. The SMILES string of the molecule is O=[N+]([O-])c1ccc(N/N=C/c2ccc(OCc3cccc([N+](=O)[O-])c3)c(Br)c2)cc1. The minimum absolute atomic E-state index is 0.00848. The average Bonchev–Trinajstić information content (AvgIpc) is 2.73. The molecule has 0 atom stereocenters. The van der Waals surface area contributed by atoms with E-state index in [1.807, 2.05) is 6.07 Å². The molecular weight excluding hydrogens is 456 g/mol. The lowest BCUT2D eigenvalue weighted by Gasteiger charge is -2.09. The van der Waals surface area contributed by atoms with Gasteiger partial charge in [-0.3, -0.25) is 25.7 Å². The minimum atomic E-state index is -0.465. The fraction of sp³-hybridized carbons (Fsp3) is 0.0500. The number of hydrogen-bond donors (Lipinski definition) is 1. The van der Waals surface area contributed by atoms with Crippen molar-refractivity contribution < 1.29 is 14.6 Å². The number of nitrogens with one attached hydrogen (secondary N) is 1. The van der Waals surface area contributed by atoms with Crippen molar-refractivity contribution in [3.05, 3.63) is 103 Å². The van der Waals surface area contributed by atoms with Gasteiger partial charge in [0.2, 0.25) is 0 Å². The highest BCUT2D eigenvalue weighted by molar-refractivity contribution is 9.10. The van der Waals surface area contributed by atoms with E-state index in [4.69, 9.17) is 4.74 Å². The van der Waals surface area contributed by atoms with E-state index in [1.165, 1.54) is 24.3 Å². The molecule has 1 N–H and O–H groups in total. The quantitative estimate of drug-likeness (QED) is 0.271. The Balaban J connectivity index is 1.59. The normalized spacial score (nSPS) is 10.7. The van der Waals surface area contributed by atoms with Crippen LogP contribution in [0.5, 0.6) is 5.75 Å². The van der Waals surface area contributed by atoms with Gasteiger partial charge in [-0.1, -0.05) is 12.1 Å². The number of hydrazone groups is 1. The molecule has 0 aliphatic carbocycles. The number of benzene rings is 3. The Morgan fingerprint density at radius 2 is 1.70 bits per heavy atom. The second kappa shape index (κ2) is 9.61. The van der Waals surface area contributed by atoms with Gasteiger partial charge in [0.15, 0.2) is 0 Å². The fourth-order valence-corrected chi connectivity index (χ4v) is 2.99. The Kier molecular flexibility index (Phi) is 6.71. The molecule has 0 radical (unpaired) electrons. The molecule has 0 saturated carbocycles. The molecule has 0 aliphatic heterocycles. The van der Waals surface area contributed by atoms with Crippen LogP contribution in [0.3, 0.4) is 0 Å². The largest absolute Gasteiger partial charge is 0.488 e. The Hall–Kier alpha value is -3.79. The van der Waals surface area contributed by atoms with Gasteiger partial charge in [0.05, 0.1) is 26.2 Å². The molecule has 10 heteroatoms. The van der Waals surface area contributed by atoms with E-state index in [1.54, 1.807) is 42.6 Å². The smallest absolute Gasteiger partial charge is 0.269 e. The molecule has 0 amide bonds. The van der Waals surface area contributed by atoms with Crippen molar-refractivity contribution in [2.24, 2.45) is 5.10 Å². The summed E-state index contributed by atoms with van der Waals surface area (Å²) in [5.74, 6) is 0.585. The van der Waals surface area contributed by atoms with Gasteiger partial charge < -0.3 is 4.74 Å². The van der Waals surface area contributed by atoms with Crippen molar-refractivity contribution in [3.63, 3.8) is 0 Å². The molecule has 0 bridgehead atoms. The Labute approximate surface area is 179 Å². The highest BCUT2D eigenvalue weighted by Crippen LogP contribution is 2.27. The van der Waals surface area contributed by atoms with Crippen molar-refractivity contribution in [2.75, 3.05) is 5.43 Å². The molecule has 3 aromatic carbocycles. The van der Waals surface area contributed by atoms with Crippen LogP contribution in [0.15, 0.2) is 76.3 Å². The highest BCUT2D eigenvalue weighted by Gasteiger charge is 2.08. The number of nitro groups is 2. The third-order valence-corrected chi connectivity index (χ3v) is 4.58. The lowest BCUT2D eigenvalue weighted by Crippen LogP contribution is -1.98. The van der Waals surface area contributed by atoms with E-state index >= 15 is 0 Å². The van der Waals surface area contributed by atoms with Gasteiger partial charge in [-0.2, -0.15) is 5.10 Å². The molecule has 0 spiro atoms. The van der Waals surface area contributed by atoms with Gasteiger partial charge in [0.25, 0.3) is 11.4 Å². The summed E-state index contributed by atoms with van der Waals surface area (Å²) in [6.45, 7) is 0.190. The third-order valence-electron chi connectivity index (χ3n) is 3.96. The van der Waals surface area contributed by atoms with Crippen molar-refractivity contribution in [1.82, 2.24) is 0 Å². The lowest BCUT2D eigenvalue weighted by atomic mass is 10.2. The van der Waals surface area contributed by atoms with Crippen molar-refractivity contribution in [1.29, 1.82) is 0 Å². The van der Waals surface area contributed by atoms with Crippen LogP contribution in [0.2, 0.25) is 0 Å². The summed E-state index contributed by atoms with van der Waals surface area (Å²) in [5.41, 5.74) is 4.92. The van der Waals surface area contributed by atoms with E-state index in [0.29, 0.717) is 21.5 Å². The van der Waals surface area contributed by atoms with Gasteiger partial charge in [0, 0.05) is 24.3 Å². The highest BCUT2D eigenvalue weighted by atomic mass is 79.9. The number of non-ortho nitro benzene ring substituents is 2. The van der Waals surface area contributed by atoms with Gasteiger partial charge in [0.1, 0.15) is 12.4 Å². The third kappa shape index (κ3) is 5.61. The first-order chi connectivity index (χ1) is 14.4. The summed E-state index contributed by atoms with van der Waals surface area (Å²) in [5, 5.41) is 25.6. The number of anilines is 1. The van der Waals surface area contributed by atoms with E-state index in [9.17, 15) is 20.2 Å². The van der Waals surface area contributed by atoms with Gasteiger partial charge >= 0.3 is 0 Å². The number of ether oxygens (including phenoxy) is 1. The number of hydrogen-bond acceptors (Lipinski definition) is 7. The molecule has 30 heavy (non-hydrogen) atoms. The van der Waals surface area contributed by atoms with Crippen LogP contribution in [0, 0.1) is 20.2 Å². The summed E-state index contributed by atoms with van der Waals surface area (Å²) < 4.78 is 6.43. The van der Waals surface area contributed by atoms with Gasteiger partial charge in [-0.15, -0.1) is 0 Å². The van der Waals surface area contributed by atoms with Crippen LogP contribution in [0.25, 0.3) is 0 Å². The predicted molar refractivity (Wildman–Crippen MR) is 116 cm³/mol. The van der Waals surface area contributed by atoms with Crippen LogP contribution in [-0.2, 0) is 6.61 Å². The zero-order chi connectivity index (χ0) is 21.5. The molecule has 9 nitrogen and oxygen atoms in total. The summed E-state index contributed by atoms with van der Waals surface area (Å²) in [4.78, 5) is 20.6. The molecule has 0 aromatic heterocycles. The lowest BCUT2D eigenvalue weighted by molar-refractivity contribution is -0.385. The molecule has 0 unspecified atom stereocenters. The number of nitrogens with zero attached hydrogens (tertiary/aromatic N) is 3. The molecule has 0 heterocycles. The Bertz CT molecular complexity index is 1100. The van der Waals surface area contributed by atoms with Crippen LogP contribution < -0.4 is 10.2 Å². The van der Waals surface area contributed by atoms with Gasteiger partial charge in [-0.25, -0.2) is 0 Å². The first-order valence-corrected chi connectivity index (χ1v) is 9.41. The van der Waals surface area contributed by atoms with E-state index in [2.05, 4.69) is 26.5 Å². The maximum atomic E-state index is 10.9. The zero-order valence-electron chi connectivity index (χ0n) is 15.4. The number of nitro benzene ring substituents is 2. The maximum absolute atomic E-state index is 10.9. The summed E-state index contributed by atoms with van der Waals surface area (Å²) in [6.07, 6.45) is 1.59. The van der Waals surface area contributed by atoms with Crippen molar-refractivity contribution >= 4 is 39.2 Å². The van der Waals surface area contributed by atoms with Crippen LogP contribution >= 0.6 is 15.9 Å². The molecule has 0 saturated heterocycles. The topological polar surface area (TPSA) is 120 Å². The maximum Gasteiger partial charge on any atom is 0.269 e. The Morgan fingerprint density at radius 3 is 2.37 bits per heavy atom. The predicted octanol–water partition coefficient (Wildman–Crippen LogP) is 5.29. The van der Waals surface area contributed by atoms with Crippen LogP contribution in [-0.4, -0.2) is 16.1 Å². The van der Waals surface area contributed by atoms with Crippen molar-refractivity contribution in [2.45, 2.75) is 6.61 Å². The van der Waals surface area contributed by atoms with Crippen LogP contribution in [0.1, 0.15) is 11.1 Å². The first-order valence-electron chi connectivity index (χ1n) is 8.61. The zero-order valence-corrected chi connectivity index (χ0v) is 17.0. The standard InChI is InChI=1S/C20H15BrN4O5/c21-19-11-14(12-22-23-16-5-7-17(8-6-16)24(26)27)4-9-20(19)30-13-15-2-1-3-18(10-15)25(28)29/h1-12,23H,13H2/b22-12+. The van der Waals surface area contributed by atoms with Crippen LogP contribution in [0.4, 0.5) is 17.1 Å². The van der Waals surface area contributed by atoms with Gasteiger partial charge in [-0.05, 0) is 57.4 Å². The average molecular weight is 471 g/mol. The van der Waals surface area contributed by atoms with E-state index in [0.717, 1.165) is 5.56 Å². The summed E-state index contributed by atoms with van der Waals surface area (Å²) >= 11 is 3.44. The van der Waals surface area contributed by atoms with E-state index in [-0.39, 0.29) is 18.0 Å².